The maximum absolute atomic E-state index is 9.23. The Labute approximate surface area is 112 Å². The Hall–Kier alpha value is -0.120. The van der Waals surface area contributed by atoms with E-state index in [9.17, 15) is 5.11 Å². The van der Waals surface area contributed by atoms with Gasteiger partial charge in [0.05, 0.1) is 6.61 Å². The molecule has 1 unspecified atom stereocenters. The minimum absolute atomic E-state index is 0.305. The first-order valence-corrected chi connectivity index (χ1v) is 7.95. The van der Waals surface area contributed by atoms with Crippen LogP contribution in [-0.4, -0.2) is 48.8 Å². The summed E-state index contributed by atoms with van der Waals surface area (Å²) in [6, 6.07) is 0.669. The van der Waals surface area contributed by atoms with E-state index in [1.165, 1.54) is 64.5 Å². The number of aliphatic hydroxyl groups excluding tert-OH is 1. The zero-order valence-corrected chi connectivity index (χ0v) is 11.7. The number of hydrogen-bond donors (Lipinski definition) is 2. The summed E-state index contributed by atoms with van der Waals surface area (Å²) in [4.78, 5) is 2.50. The van der Waals surface area contributed by atoms with Crippen molar-refractivity contribution in [3.63, 3.8) is 0 Å². The van der Waals surface area contributed by atoms with Crippen molar-refractivity contribution in [2.24, 2.45) is 5.92 Å². The van der Waals surface area contributed by atoms with Gasteiger partial charge in [-0.15, -0.1) is 0 Å². The van der Waals surface area contributed by atoms with Crippen LogP contribution < -0.4 is 5.32 Å². The molecule has 2 aliphatic rings. The predicted octanol–water partition coefficient (Wildman–Crippen LogP) is 2.00. The summed E-state index contributed by atoms with van der Waals surface area (Å²) in [6.45, 7) is 4.69. The minimum Gasteiger partial charge on any atom is -0.395 e. The summed E-state index contributed by atoms with van der Waals surface area (Å²) in [6.07, 6.45) is 11.1. The van der Waals surface area contributed by atoms with E-state index in [1.807, 2.05) is 0 Å². The van der Waals surface area contributed by atoms with Crippen LogP contribution in [0.4, 0.5) is 0 Å². The topological polar surface area (TPSA) is 35.5 Å². The molecular weight excluding hydrogens is 224 g/mol. The Morgan fingerprint density at radius 1 is 0.944 bits per heavy atom. The van der Waals surface area contributed by atoms with Gasteiger partial charge < -0.3 is 10.4 Å². The van der Waals surface area contributed by atoms with Gasteiger partial charge in [0.2, 0.25) is 0 Å². The molecule has 106 valence electrons. The van der Waals surface area contributed by atoms with Crippen LogP contribution in [-0.2, 0) is 0 Å². The van der Waals surface area contributed by atoms with Crippen LogP contribution in [0.5, 0.6) is 0 Å². The summed E-state index contributed by atoms with van der Waals surface area (Å²) in [5.41, 5.74) is 0. The van der Waals surface area contributed by atoms with Gasteiger partial charge >= 0.3 is 0 Å². The fourth-order valence-electron chi connectivity index (χ4n) is 3.53. The molecule has 3 heteroatoms. The van der Waals surface area contributed by atoms with Gasteiger partial charge in [0.25, 0.3) is 0 Å². The SMILES string of the molecule is OCCN(CC1CCCCCC1)CC1CCCN1. The fourth-order valence-corrected chi connectivity index (χ4v) is 3.53. The third kappa shape index (κ3) is 4.87. The zero-order valence-electron chi connectivity index (χ0n) is 11.7. The quantitative estimate of drug-likeness (QED) is 0.712. The first kappa shape index (κ1) is 14.3. The average molecular weight is 254 g/mol. The minimum atomic E-state index is 0.305. The molecule has 2 rings (SSSR count). The van der Waals surface area contributed by atoms with Gasteiger partial charge in [-0.2, -0.15) is 0 Å². The molecule has 2 fully saturated rings. The largest absolute Gasteiger partial charge is 0.395 e. The van der Waals surface area contributed by atoms with Crippen molar-refractivity contribution in [3.8, 4) is 0 Å². The highest BCUT2D eigenvalue weighted by atomic mass is 16.3. The molecular formula is C15H30N2O. The molecule has 0 radical (unpaired) electrons. The summed E-state index contributed by atoms with van der Waals surface area (Å²) >= 11 is 0. The van der Waals surface area contributed by atoms with Crippen LogP contribution >= 0.6 is 0 Å². The van der Waals surface area contributed by atoms with Gasteiger partial charge in [0, 0.05) is 25.7 Å². The van der Waals surface area contributed by atoms with E-state index in [1.54, 1.807) is 0 Å². The predicted molar refractivity (Wildman–Crippen MR) is 75.7 cm³/mol. The second kappa shape index (κ2) is 8.13. The van der Waals surface area contributed by atoms with Crippen molar-refractivity contribution < 1.29 is 5.11 Å². The number of nitrogens with zero attached hydrogens (tertiary/aromatic N) is 1. The summed E-state index contributed by atoms with van der Waals surface area (Å²) in [7, 11) is 0. The molecule has 1 saturated heterocycles. The van der Waals surface area contributed by atoms with E-state index in [0.29, 0.717) is 12.6 Å². The van der Waals surface area contributed by atoms with E-state index < -0.39 is 0 Å². The Bertz CT molecular complexity index is 209. The van der Waals surface area contributed by atoms with Crippen molar-refractivity contribution in [2.75, 3.05) is 32.8 Å². The first-order chi connectivity index (χ1) is 8.88. The third-order valence-corrected chi connectivity index (χ3v) is 4.55. The van der Waals surface area contributed by atoms with Crippen LogP contribution in [0.1, 0.15) is 51.4 Å². The van der Waals surface area contributed by atoms with Gasteiger partial charge in [-0.25, -0.2) is 0 Å². The fraction of sp³-hybridized carbons (Fsp3) is 1.00. The molecule has 1 aliphatic carbocycles. The molecule has 1 heterocycles. The molecule has 0 amide bonds. The van der Waals surface area contributed by atoms with Crippen LogP contribution in [0.25, 0.3) is 0 Å². The Balaban J connectivity index is 1.76. The highest BCUT2D eigenvalue weighted by Gasteiger charge is 2.20. The van der Waals surface area contributed by atoms with E-state index >= 15 is 0 Å². The summed E-state index contributed by atoms with van der Waals surface area (Å²) in [5.74, 6) is 0.875. The van der Waals surface area contributed by atoms with Crippen molar-refractivity contribution in [1.82, 2.24) is 10.2 Å². The van der Waals surface area contributed by atoms with Crippen LogP contribution in [0.2, 0.25) is 0 Å². The summed E-state index contributed by atoms with van der Waals surface area (Å²) in [5, 5.41) is 12.8. The monoisotopic (exact) mass is 254 g/mol. The molecule has 2 N–H and O–H groups in total. The third-order valence-electron chi connectivity index (χ3n) is 4.55. The Kier molecular flexibility index (Phi) is 6.46. The maximum Gasteiger partial charge on any atom is 0.0558 e. The van der Waals surface area contributed by atoms with Gasteiger partial charge in [-0.3, -0.25) is 4.90 Å². The number of rotatable bonds is 6. The van der Waals surface area contributed by atoms with Crippen molar-refractivity contribution in [2.45, 2.75) is 57.4 Å². The Morgan fingerprint density at radius 2 is 1.72 bits per heavy atom. The first-order valence-electron chi connectivity index (χ1n) is 7.95. The van der Waals surface area contributed by atoms with E-state index in [2.05, 4.69) is 10.2 Å². The summed E-state index contributed by atoms with van der Waals surface area (Å²) < 4.78 is 0. The molecule has 1 atom stereocenters. The van der Waals surface area contributed by atoms with Crippen LogP contribution in [0.15, 0.2) is 0 Å². The van der Waals surface area contributed by atoms with E-state index in [-0.39, 0.29) is 0 Å². The second-order valence-electron chi connectivity index (χ2n) is 6.13. The van der Waals surface area contributed by atoms with Crippen molar-refractivity contribution >= 4 is 0 Å². The lowest BCUT2D eigenvalue weighted by Gasteiger charge is -2.28. The van der Waals surface area contributed by atoms with Crippen molar-refractivity contribution in [3.05, 3.63) is 0 Å². The van der Waals surface area contributed by atoms with Gasteiger partial charge in [0.15, 0.2) is 0 Å². The highest BCUT2D eigenvalue weighted by Crippen LogP contribution is 2.23. The number of aliphatic hydroxyl groups is 1. The maximum atomic E-state index is 9.23. The van der Waals surface area contributed by atoms with E-state index in [4.69, 9.17) is 0 Å². The van der Waals surface area contributed by atoms with Gasteiger partial charge in [-0.1, -0.05) is 25.7 Å². The van der Waals surface area contributed by atoms with Gasteiger partial charge in [-0.05, 0) is 38.1 Å². The second-order valence-corrected chi connectivity index (χ2v) is 6.13. The smallest absolute Gasteiger partial charge is 0.0558 e. The molecule has 0 bridgehead atoms. The lowest BCUT2D eigenvalue weighted by atomic mass is 9.99. The molecule has 0 aromatic carbocycles. The lowest BCUT2D eigenvalue weighted by molar-refractivity contribution is 0.159. The average Bonchev–Trinajstić information content (AvgIpc) is 2.73. The lowest BCUT2D eigenvalue weighted by Crippen LogP contribution is -2.41. The van der Waals surface area contributed by atoms with Crippen LogP contribution in [0.3, 0.4) is 0 Å². The Morgan fingerprint density at radius 3 is 2.33 bits per heavy atom. The number of nitrogens with one attached hydrogen (secondary N) is 1. The highest BCUT2D eigenvalue weighted by molar-refractivity contribution is 4.79. The molecule has 18 heavy (non-hydrogen) atoms. The molecule has 1 saturated carbocycles. The van der Waals surface area contributed by atoms with Crippen LogP contribution in [0, 0.1) is 5.92 Å². The normalized spacial score (nSPS) is 26.7. The molecule has 1 aliphatic heterocycles. The molecule has 0 spiro atoms. The number of hydrogen-bond acceptors (Lipinski definition) is 3. The molecule has 0 aromatic rings. The standard InChI is InChI=1S/C15H30N2O/c18-11-10-17(13-15-8-5-9-16-15)12-14-6-3-1-2-4-7-14/h14-16,18H,1-13H2. The zero-order chi connectivity index (χ0) is 12.6. The molecule has 3 nitrogen and oxygen atoms in total. The van der Waals surface area contributed by atoms with Crippen molar-refractivity contribution in [1.29, 1.82) is 0 Å². The van der Waals surface area contributed by atoms with Gasteiger partial charge in [0.1, 0.15) is 0 Å². The molecule has 0 aromatic heterocycles. The van der Waals surface area contributed by atoms with E-state index in [0.717, 1.165) is 19.0 Å².